The monoisotopic (exact) mass is 405 g/mol. The minimum atomic E-state index is -4.30. The number of alkyl halides is 3. The molecule has 2 aliphatic heterocycles. The first-order valence-electron chi connectivity index (χ1n) is 10.5. The predicted molar refractivity (Wildman–Crippen MR) is 109 cm³/mol. The molecule has 0 saturated carbocycles. The summed E-state index contributed by atoms with van der Waals surface area (Å²) in [7, 11) is 0. The molecule has 1 aromatic carbocycles. The Bertz CT molecular complexity index is 738. The Morgan fingerprint density at radius 1 is 1.17 bits per heavy atom. The first-order chi connectivity index (χ1) is 13.8. The molecule has 0 amide bonds. The molecular formula is C24H30F3NO. The second-order valence-electron chi connectivity index (χ2n) is 8.23. The van der Waals surface area contributed by atoms with Crippen LogP contribution in [0.1, 0.15) is 62.6 Å². The SMILES string of the molecule is C=C(C)C#C[C@H](CC1CCOCC1)N1CCCC[C@H]1c1ccc(C(F)(F)F)cc1. The number of likely N-dealkylation sites (tertiary alicyclic amines) is 1. The van der Waals surface area contributed by atoms with E-state index in [-0.39, 0.29) is 12.1 Å². The van der Waals surface area contributed by atoms with E-state index in [4.69, 9.17) is 4.74 Å². The maximum atomic E-state index is 13.0. The van der Waals surface area contributed by atoms with Crippen LogP contribution in [0.5, 0.6) is 0 Å². The average molecular weight is 406 g/mol. The van der Waals surface area contributed by atoms with E-state index < -0.39 is 11.7 Å². The molecule has 2 atom stereocenters. The summed E-state index contributed by atoms with van der Waals surface area (Å²) in [4.78, 5) is 2.41. The van der Waals surface area contributed by atoms with Gasteiger partial charge in [-0.1, -0.05) is 37.0 Å². The fourth-order valence-electron chi connectivity index (χ4n) is 4.36. The number of halogens is 3. The van der Waals surface area contributed by atoms with Crippen molar-refractivity contribution in [3.8, 4) is 11.8 Å². The van der Waals surface area contributed by atoms with Crippen LogP contribution in [0.25, 0.3) is 0 Å². The topological polar surface area (TPSA) is 12.5 Å². The van der Waals surface area contributed by atoms with Gasteiger partial charge in [0.2, 0.25) is 0 Å². The number of allylic oxidation sites excluding steroid dienone is 1. The third kappa shape index (κ3) is 6.10. The molecule has 0 N–H and O–H groups in total. The Morgan fingerprint density at radius 3 is 2.48 bits per heavy atom. The number of benzene rings is 1. The molecule has 158 valence electrons. The smallest absolute Gasteiger partial charge is 0.381 e. The number of hydrogen-bond acceptors (Lipinski definition) is 2. The van der Waals surface area contributed by atoms with E-state index in [1.165, 1.54) is 12.1 Å². The molecule has 0 bridgehead atoms. The van der Waals surface area contributed by atoms with E-state index >= 15 is 0 Å². The first kappa shape index (κ1) is 21.9. The Hall–Kier alpha value is -1.77. The lowest BCUT2D eigenvalue weighted by Gasteiger charge is -2.41. The van der Waals surface area contributed by atoms with Crippen molar-refractivity contribution >= 4 is 0 Å². The third-order valence-corrected chi connectivity index (χ3v) is 5.92. The number of nitrogens with zero attached hydrogens (tertiary/aromatic N) is 1. The fourth-order valence-corrected chi connectivity index (χ4v) is 4.36. The molecule has 5 heteroatoms. The number of hydrogen-bond donors (Lipinski definition) is 0. The highest BCUT2D eigenvalue weighted by Gasteiger charge is 2.33. The van der Waals surface area contributed by atoms with Crippen molar-refractivity contribution in [1.82, 2.24) is 4.90 Å². The second-order valence-corrected chi connectivity index (χ2v) is 8.23. The van der Waals surface area contributed by atoms with E-state index in [9.17, 15) is 13.2 Å². The molecule has 0 aromatic heterocycles. The number of ether oxygens (including phenoxy) is 1. The Kier molecular flexibility index (Phi) is 7.43. The van der Waals surface area contributed by atoms with Crippen LogP contribution in [0.2, 0.25) is 0 Å². The van der Waals surface area contributed by atoms with Gasteiger partial charge in [0.15, 0.2) is 0 Å². The standard InChI is InChI=1S/C24H30F3NO/c1-18(2)6-11-22(17-19-12-15-29-16-13-19)28-14-4-3-5-23(28)20-7-9-21(10-8-20)24(25,26)27/h7-10,19,22-23H,1,3-5,12-17H2,2H3/t22-,23+/m1/s1. The zero-order chi connectivity index (χ0) is 20.9. The molecule has 2 aliphatic rings. The highest BCUT2D eigenvalue weighted by molar-refractivity contribution is 5.29. The third-order valence-electron chi connectivity index (χ3n) is 5.92. The molecule has 2 heterocycles. The predicted octanol–water partition coefficient (Wildman–Crippen LogP) is 6.00. The second kappa shape index (κ2) is 9.82. The molecule has 3 rings (SSSR count). The van der Waals surface area contributed by atoms with Crippen molar-refractivity contribution in [2.24, 2.45) is 5.92 Å². The van der Waals surface area contributed by atoms with Crippen molar-refractivity contribution in [2.45, 2.75) is 63.7 Å². The Balaban J connectivity index is 1.83. The van der Waals surface area contributed by atoms with Gasteiger partial charge in [0, 0.05) is 19.3 Å². The van der Waals surface area contributed by atoms with Gasteiger partial charge in [-0.3, -0.25) is 4.90 Å². The van der Waals surface area contributed by atoms with Crippen LogP contribution in [0.4, 0.5) is 13.2 Å². The molecule has 0 radical (unpaired) electrons. The van der Waals surface area contributed by atoms with Crippen molar-refractivity contribution in [3.05, 3.63) is 47.5 Å². The number of piperidine rings is 1. The van der Waals surface area contributed by atoms with Crippen LogP contribution in [0.3, 0.4) is 0 Å². The van der Waals surface area contributed by atoms with Gasteiger partial charge in [0.05, 0.1) is 11.6 Å². The fraction of sp³-hybridized carbons (Fsp3) is 0.583. The van der Waals surface area contributed by atoms with Crippen molar-refractivity contribution in [2.75, 3.05) is 19.8 Å². The minimum absolute atomic E-state index is 0.0855. The van der Waals surface area contributed by atoms with Gasteiger partial charge in [-0.2, -0.15) is 13.2 Å². The van der Waals surface area contributed by atoms with Gasteiger partial charge in [-0.15, -0.1) is 0 Å². The van der Waals surface area contributed by atoms with Crippen molar-refractivity contribution in [1.29, 1.82) is 0 Å². The molecule has 29 heavy (non-hydrogen) atoms. The molecule has 0 spiro atoms. The summed E-state index contributed by atoms with van der Waals surface area (Å²) in [6.07, 6.45) is 1.89. The molecule has 2 fully saturated rings. The van der Waals surface area contributed by atoms with Crippen LogP contribution >= 0.6 is 0 Å². The van der Waals surface area contributed by atoms with Crippen LogP contribution in [-0.2, 0) is 10.9 Å². The highest BCUT2D eigenvalue weighted by Crippen LogP contribution is 2.36. The lowest BCUT2D eigenvalue weighted by molar-refractivity contribution is -0.137. The van der Waals surface area contributed by atoms with E-state index in [1.54, 1.807) is 12.1 Å². The van der Waals surface area contributed by atoms with E-state index in [2.05, 4.69) is 23.3 Å². The number of rotatable bonds is 4. The largest absolute Gasteiger partial charge is 0.416 e. The molecule has 0 aliphatic carbocycles. The van der Waals surface area contributed by atoms with Gasteiger partial charge in [-0.25, -0.2) is 0 Å². The van der Waals surface area contributed by atoms with Crippen molar-refractivity contribution in [3.63, 3.8) is 0 Å². The molecule has 1 aromatic rings. The maximum Gasteiger partial charge on any atom is 0.416 e. The highest BCUT2D eigenvalue weighted by atomic mass is 19.4. The minimum Gasteiger partial charge on any atom is -0.381 e. The van der Waals surface area contributed by atoms with Crippen LogP contribution in [-0.4, -0.2) is 30.7 Å². The summed E-state index contributed by atoms with van der Waals surface area (Å²) >= 11 is 0. The van der Waals surface area contributed by atoms with E-state index in [0.29, 0.717) is 5.92 Å². The Labute approximate surface area is 172 Å². The van der Waals surface area contributed by atoms with Crippen LogP contribution < -0.4 is 0 Å². The zero-order valence-electron chi connectivity index (χ0n) is 17.1. The lowest BCUT2D eigenvalue weighted by Crippen LogP contribution is -2.42. The van der Waals surface area contributed by atoms with E-state index in [1.807, 2.05) is 6.92 Å². The Morgan fingerprint density at radius 2 is 1.86 bits per heavy atom. The quantitative estimate of drug-likeness (QED) is 0.570. The van der Waals surface area contributed by atoms with E-state index in [0.717, 1.165) is 69.4 Å². The van der Waals surface area contributed by atoms with Gasteiger partial charge in [0.1, 0.15) is 0 Å². The summed E-state index contributed by atoms with van der Waals surface area (Å²) in [6.45, 7) is 8.33. The average Bonchev–Trinajstić information content (AvgIpc) is 2.71. The first-order valence-corrected chi connectivity index (χ1v) is 10.5. The molecule has 0 unspecified atom stereocenters. The maximum absolute atomic E-state index is 13.0. The summed E-state index contributed by atoms with van der Waals surface area (Å²) in [5.41, 5.74) is 1.20. The summed E-state index contributed by atoms with van der Waals surface area (Å²) in [5, 5.41) is 0. The molecule has 2 saturated heterocycles. The van der Waals surface area contributed by atoms with Crippen LogP contribution in [0.15, 0.2) is 36.4 Å². The summed E-state index contributed by atoms with van der Waals surface area (Å²) < 4.78 is 44.4. The lowest BCUT2D eigenvalue weighted by atomic mass is 9.88. The zero-order valence-corrected chi connectivity index (χ0v) is 17.1. The normalized spacial score (nSPS) is 22.6. The van der Waals surface area contributed by atoms with Gasteiger partial charge < -0.3 is 4.74 Å². The van der Waals surface area contributed by atoms with Crippen LogP contribution in [0, 0.1) is 17.8 Å². The van der Waals surface area contributed by atoms with Crippen molar-refractivity contribution < 1.29 is 17.9 Å². The molecular weight excluding hydrogens is 375 g/mol. The molecule has 2 nitrogen and oxygen atoms in total. The van der Waals surface area contributed by atoms with Gasteiger partial charge in [-0.05, 0) is 74.8 Å². The van der Waals surface area contributed by atoms with Gasteiger partial charge >= 0.3 is 6.18 Å². The summed E-state index contributed by atoms with van der Waals surface area (Å²) in [5.74, 6) is 7.17. The van der Waals surface area contributed by atoms with Gasteiger partial charge in [0.25, 0.3) is 0 Å². The summed E-state index contributed by atoms with van der Waals surface area (Å²) in [6, 6.07) is 5.88.